The van der Waals surface area contributed by atoms with E-state index in [0.717, 1.165) is 26.2 Å². The van der Waals surface area contributed by atoms with Gasteiger partial charge in [-0.25, -0.2) is 9.97 Å². The number of rotatable bonds is 5. The van der Waals surface area contributed by atoms with E-state index in [1.54, 1.807) is 18.2 Å². The molecule has 0 unspecified atom stereocenters. The van der Waals surface area contributed by atoms with E-state index in [4.69, 9.17) is 5.73 Å². The Bertz CT molecular complexity index is 1020. The van der Waals surface area contributed by atoms with Crippen LogP contribution in [0.5, 0.6) is 0 Å². The number of hydrogen-bond donors (Lipinski definition) is 3. The average Bonchev–Trinajstić information content (AvgIpc) is 2.79. The van der Waals surface area contributed by atoms with Crippen LogP contribution in [0.15, 0.2) is 65.4 Å². The topological polar surface area (TPSA) is 99.4 Å². The molecule has 3 aromatic rings. The maximum atomic E-state index is 12.4. The molecule has 0 spiro atoms. The standard InChI is InChI=1S/C21H22BrN7O/c22-17-9-5-4-8-16(17)21(30)27-26-19-18(23)20(25-14-24-19)29-12-10-28(11-13-29)15-6-2-1-3-7-15/h1-9,14H,10-13,23H2,(H,27,30)(H,24,25,26). The predicted molar refractivity (Wildman–Crippen MR) is 123 cm³/mol. The number of para-hydroxylation sites is 1. The fourth-order valence-corrected chi connectivity index (χ4v) is 3.85. The van der Waals surface area contributed by atoms with Gasteiger partial charge in [0, 0.05) is 36.3 Å². The number of nitrogens with one attached hydrogen (secondary N) is 2. The summed E-state index contributed by atoms with van der Waals surface area (Å²) in [5.74, 6) is 0.736. The molecule has 1 aliphatic rings. The van der Waals surface area contributed by atoms with E-state index < -0.39 is 0 Å². The molecule has 2 aromatic carbocycles. The second kappa shape index (κ2) is 9.00. The zero-order valence-corrected chi connectivity index (χ0v) is 17.8. The van der Waals surface area contributed by atoms with Gasteiger partial charge in [0.1, 0.15) is 12.0 Å². The highest BCUT2D eigenvalue weighted by Crippen LogP contribution is 2.27. The SMILES string of the molecule is Nc1c(NNC(=O)c2ccccc2Br)ncnc1N1CCN(c2ccccc2)CC1. The lowest BCUT2D eigenvalue weighted by Crippen LogP contribution is -2.47. The minimum Gasteiger partial charge on any atom is -0.393 e. The molecule has 1 fully saturated rings. The van der Waals surface area contributed by atoms with Crippen molar-refractivity contribution < 1.29 is 4.79 Å². The lowest BCUT2D eigenvalue weighted by Gasteiger charge is -2.37. The highest BCUT2D eigenvalue weighted by atomic mass is 79.9. The summed E-state index contributed by atoms with van der Waals surface area (Å²) in [7, 11) is 0. The summed E-state index contributed by atoms with van der Waals surface area (Å²) < 4.78 is 0.705. The third-order valence-corrected chi connectivity index (χ3v) is 5.67. The van der Waals surface area contributed by atoms with Crippen LogP contribution in [-0.4, -0.2) is 42.1 Å². The quantitative estimate of drug-likeness (QED) is 0.496. The minimum absolute atomic E-state index is 0.293. The lowest BCUT2D eigenvalue weighted by molar-refractivity contribution is 0.0961. The first-order valence-corrected chi connectivity index (χ1v) is 10.4. The van der Waals surface area contributed by atoms with Gasteiger partial charge in [0.2, 0.25) is 0 Å². The van der Waals surface area contributed by atoms with Crippen molar-refractivity contribution >= 4 is 44.8 Å². The van der Waals surface area contributed by atoms with Gasteiger partial charge in [-0.1, -0.05) is 30.3 Å². The molecule has 0 radical (unpaired) electrons. The summed E-state index contributed by atoms with van der Waals surface area (Å²) in [6.45, 7) is 3.32. The summed E-state index contributed by atoms with van der Waals surface area (Å²) in [6, 6.07) is 17.5. The van der Waals surface area contributed by atoms with Crippen molar-refractivity contribution in [2.75, 3.05) is 47.1 Å². The van der Waals surface area contributed by atoms with Gasteiger partial charge >= 0.3 is 0 Å². The normalized spacial score (nSPS) is 13.8. The Kier molecular flexibility index (Phi) is 5.99. The van der Waals surface area contributed by atoms with Crippen LogP contribution >= 0.6 is 15.9 Å². The largest absolute Gasteiger partial charge is 0.393 e. The second-order valence-corrected chi connectivity index (χ2v) is 7.68. The van der Waals surface area contributed by atoms with Gasteiger partial charge in [-0.2, -0.15) is 0 Å². The Labute approximate surface area is 183 Å². The monoisotopic (exact) mass is 467 g/mol. The van der Waals surface area contributed by atoms with E-state index in [-0.39, 0.29) is 5.91 Å². The Morgan fingerprint density at radius 3 is 2.33 bits per heavy atom. The molecule has 2 heterocycles. The van der Waals surface area contributed by atoms with Gasteiger partial charge in [0.05, 0.1) is 5.56 Å². The number of nitrogen functional groups attached to an aromatic ring is 1. The van der Waals surface area contributed by atoms with Crippen LogP contribution in [0.1, 0.15) is 10.4 Å². The summed E-state index contributed by atoms with van der Waals surface area (Å²) >= 11 is 3.37. The van der Waals surface area contributed by atoms with E-state index >= 15 is 0 Å². The van der Waals surface area contributed by atoms with Gasteiger partial charge in [-0.3, -0.25) is 15.6 Å². The third-order valence-electron chi connectivity index (χ3n) is 4.98. The molecule has 0 saturated carbocycles. The predicted octanol–water partition coefficient (Wildman–Crippen LogP) is 2.90. The second-order valence-electron chi connectivity index (χ2n) is 6.83. The summed E-state index contributed by atoms with van der Waals surface area (Å²) in [5, 5.41) is 0. The van der Waals surface area contributed by atoms with Crippen LogP contribution in [0.25, 0.3) is 0 Å². The van der Waals surface area contributed by atoms with E-state index in [0.29, 0.717) is 27.4 Å². The molecular weight excluding hydrogens is 446 g/mol. The molecule has 9 heteroatoms. The van der Waals surface area contributed by atoms with Crippen LogP contribution in [0.4, 0.5) is 23.0 Å². The smallest absolute Gasteiger partial charge is 0.270 e. The highest BCUT2D eigenvalue weighted by Gasteiger charge is 2.21. The number of aromatic nitrogens is 2. The molecule has 4 N–H and O–H groups in total. The number of anilines is 4. The first-order valence-electron chi connectivity index (χ1n) is 9.60. The summed E-state index contributed by atoms with van der Waals surface area (Å²) in [5.41, 5.74) is 13.9. The minimum atomic E-state index is -0.293. The fourth-order valence-electron chi connectivity index (χ4n) is 3.38. The first-order chi connectivity index (χ1) is 14.6. The van der Waals surface area contributed by atoms with Crippen LogP contribution in [0, 0.1) is 0 Å². The van der Waals surface area contributed by atoms with Gasteiger partial charge in [0.15, 0.2) is 11.6 Å². The van der Waals surface area contributed by atoms with Gasteiger partial charge < -0.3 is 15.5 Å². The molecule has 1 saturated heterocycles. The van der Waals surface area contributed by atoms with Crippen LogP contribution < -0.4 is 26.4 Å². The van der Waals surface area contributed by atoms with E-state index in [1.807, 2.05) is 24.3 Å². The van der Waals surface area contributed by atoms with Gasteiger partial charge in [-0.05, 0) is 40.2 Å². The van der Waals surface area contributed by atoms with E-state index in [9.17, 15) is 4.79 Å². The fraction of sp³-hybridized carbons (Fsp3) is 0.190. The van der Waals surface area contributed by atoms with Crippen molar-refractivity contribution in [3.8, 4) is 0 Å². The molecule has 1 aromatic heterocycles. The molecule has 4 rings (SSSR count). The number of carbonyl (C=O) groups is 1. The third kappa shape index (κ3) is 4.30. The van der Waals surface area contributed by atoms with Crippen LogP contribution in [0.2, 0.25) is 0 Å². The molecule has 1 amide bonds. The van der Waals surface area contributed by atoms with Crippen molar-refractivity contribution in [3.05, 3.63) is 71.0 Å². The number of hydrazine groups is 1. The Morgan fingerprint density at radius 1 is 0.933 bits per heavy atom. The molecule has 30 heavy (non-hydrogen) atoms. The van der Waals surface area contributed by atoms with Crippen molar-refractivity contribution in [2.24, 2.45) is 0 Å². The molecule has 8 nitrogen and oxygen atoms in total. The van der Waals surface area contributed by atoms with Crippen LogP contribution in [-0.2, 0) is 0 Å². The highest BCUT2D eigenvalue weighted by molar-refractivity contribution is 9.10. The van der Waals surface area contributed by atoms with Crippen LogP contribution in [0.3, 0.4) is 0 Å². The number of carbonyl (C=O) groups excluding carboxylic acids is 1. The van der Waals surface area contributed by atoms with Crippen molar-refractivity contribution in [3.63, 3.8) is 0 Å². The molecule has 0 bridgehead atoms. The van der Waals surface area contributed by atoms with E-state index in [1.165, 1.54) is 12.0 Å². The molecule has 0 atom stereocenters. The average molecular weight is 468 g/mol. The van der Waals surface area contributed by atoms with Crippen molar-refractivity contribution in [1.29, 1.82) is 0 Å². The number of piperazine rings is 1. The summed E-state index contributed by atoms with van der Waals surface area (Å²) in [6.07, 6.45) is 1.45. The molecular formula is C21H22BrN7O. The Morgan fingerprint density at radius 2 is 1.60 bits per heavy atom. The maximum absolute atomic E-state index is 12.4. The summed E-state index contributed by atoms with van der Waals surface area (Å²) in [4.78, 5) is 25.4. The zero-order valence-electron chi connectivity index (χ0n) is 16.3. The number of benzene rings is 2. The zero-order chi connectivity index (χ0) is 20.9. The molecule has 154 valence electrons. The number of nitrogens with two attached hydrogens (primary N) is 1. The molecule has 1 aliphatic heterocycles. The van der Waals surface area contributed by atoms with Crippen molar-refractivity contribution in [1.82, 2.24) is 15.4 Å². The van der Waals surface area contributed by atoms with E-state index in [2.05, 4.69) is 58.7 Å². The first kappa shape index (κ1) is 20.0. The van der Waals surface area contributed by atoms with Gasteiger partial charge in [0.25, 0.3) is 5.91 Å². The Balaban J connectivity index is 1.41. The number of hydrogen-bond acceptors (Lipinski definition) is 7. The Hall–Kier alpha value is -3.33. The number of amides is 1. The van der Waals surface area contributed by atoms with Crippen molar-refractivity contribution in [2.45, 2.75) is 0 Å². The molecule has 0 aliphatic carbocycles. The number of nitrogens with zero attached hydrogens (tertiary/aromatic N) is 4. The lowest BCUT2D eigenvalue weighted by atomic mass is 10.2. The maximum Gasteiger partial charge on any atom is 0.270 e. The van der Waals surface area contributed by atoms with Gasteiger partial charge in [-0.15, -0.1) is 0 Å². The number of halogens is 1.